The molecule has 0 saturated carbocycles. The van der Waals surface area contributed by atoms with Crippen molar-refractivity contribution in [1.82, 2.24) is 0 Å². The Bertz CT molecular complexity index is 838. The summed E-state index contributed by atoms with van der Waals surface area (Å²) < 4.78 is 10.7. The van der Waals surface area contributed by atoms with E-state index in [4.69, 9.17) is 21.1 Å². The molecule has 1 N–H and O–H groups in total. The summed E-state index contributed by atoms with van der Waals surface area (Å²) in [6, 6.07) is 12.2. The Hall–Kier alpha value is -2.73. The van der Waals surface area contributed by atoms with Crippen molar-refractivity contribution in [1.29, 1.82) is 0 Å². The highest BCUT2D eigenvalue weighted by Crippen LogP contribution is 2.35. The third kappa shape index (κ3) is 4.34. The maximum atomic E-state index is 12.6. The lowest BCUT2D eigenvalue weighted by atomic mass is 10.1. The van der Waals surface area contributed by atoms with Gasteiger partial charge in [0.05, 0.1) is 25.3 Å². The topological polar surface area (TPSA) is 67.9 Å². The summed E-state index contributed by atoms with van der Waals surface area (Å²) in [5, 5.41) is 3.36. The molecule has 0 radical (unpaired) electrons. The third-order valence-electron chi connectivity index (χ3n) is 4.36. The van der Waals surface area contributed by atoms with Crippen molar-refractivity contribution < 1.29 is 19.1 Å². The Morgan fingerprint density at radius 1 is 1.26 bits per heavy atom. The molecule has 0 unspecified atom stereocenters. The van der Waals surface area contributed by atoms with Crippen LogP contribution in [0.25, 0.3) is 0 Å². The molecule has 0 spiro atoms. The van der Waals surface area contributed by atoms with Gasteiger partial charge in [-0.15, -0.1) is 0 Å². The Morgan fingerprint density at radius 2 is 2.00 bits per heavy atom. The molecule has 6 nitrogen and oxygen atoms in total. The van der Waals surface area contributed by atoms with Crippen LogP contribution in [0.2, 0.25) is 5.02 Å². The van der Waals surface area contributed by atoms with E-state index in [0.29, 0.717) is 28.8 Å². The van der Waals surface area contributed by atoms with Crippen LogP contribution in [-0.2, 0) is 9.59 Å². The molecule has 1 saturated heterocycles. The quantitative estimate of drug-likeness (QED) is 0.818. The lowest BCUT2D eigenvalue weighted by molar-refractivity contribution is -0.122. The first-order valence-electron chi connectivity index (χ1n) is 8.69. The molecular weight excluding hydrogens is 368 g/mol. The minimum atomic E-state index is -0.451. The second-order valence-corrected chi connectivity index (χ2v) is 6.60. The molecule has 142 valence electrons. The van der Waals surface area contributed by atoms with E-state index in [1.165, 1.54) is 7.11 Å². The van der Waals surface area contributed by atoms with Crippen LogP contribution in [0.15, 0.2) is 42.5 Å². The monoisotopic (exact) mass is 388 g/mol. The van der Waals surface area contributed by atoms with Crippen LogP contribution >= 0.6 is 11.6 Å². The van der Waals surface area contributed by atoms with Crippen molar-refractivity contribution in [2.45, 2.75) is 13.3 Å². The van der Waals surface area contributed by atoms with Gasteiger partial charge in [-0.25, -0.2) is 0 Å². The number of ether oxygens (including phenoxy) is 2. The van der Waals surface area contributed by atoms with E-state index in [1.54, 1.807) is 47.4 Å². The van der Waals surface area contributed by atoms with Gasteiger partial charge >= 0.3 is 0 Å². The van der Waals surface area contributed by atoms with Gasteiger partial charge in [0.15, 0.2) is 0 Å². The molecule has 1 aliphatic heterocycles. The van der Waals surface area contributed by atoms with Gasteiger partial charge in [0.25, 0.3) is 0 Å². The van der Waals surface area contributed by atoms with Gasteiger partial charge in [-0.1, -0.05) is 11.6 Å². The molecular formula is C20H21ClN2O4. The van der Waals surface area contributed by atoms with E-state index >= 15 is 0 Å². The normalized spacial score (nSPS) is 16.3. The van der Waals surface area contributed by atoms with Crippen LogP contribution in [0.5, 0.6) is 11.5 Å². The molecule has 0 bridgehead atoms. The SMILES string of the molecule is CCOc1ccc(NC(=O)[C@@H]2CC(=O)N(c3cc(Cl)ccc3OC)C2)cc1. The largest absolute Gasteiger partial charge is 0.495 e. The Labute approximate surface area is 163 Å². The molecule has 1 atom stereocenters. The Morgan fingerprint density at radius 3 is 2.67 bits per heavy atom. The van der Waals surface area contributed by atoms with Crippen LogP contribution in [-0.4, -0.2) is 32.1 Å². The van der Waals surface area contributed by atoms with Crippen molar-refractivity contribution in [2.24, 2.45) is 5.92 Å². The summed E-state index contributed by atoms with van der Waals surface area (Å²) in [5.41, 5.74) is 1.24. The lowest BCUT2D eigenvalue weighted by Crippen LogP contribution is -2.28. The predicted octanol–water partition coefficient (Wildman–Crippen LogP) is 3.74. The number of hydrogen-bond donors (Lipinski definition) is 1. The molecule has 1 heterocycles. The minimum absolute atomic E-state index is 0.137. The molecule has 7 heteroatoms. The molecule has 2 amide bonds. The highest BCUT2D eigenvalue weighted by atomic mass is 35.5. The lowest BCUT2D eigenvalue weighted by Gasteiger charge is -2.20. The summed E-state index contributed by atoms with van der Waals surface area (Å²) in [6.07, 6.45) is 0.137. The van der Waals surface area contributed by atoms with Gasteiger partial charge in [-0.05, 0) is 49.4 Å². The van der Waals surface area contributed by atoms with Gasteiger partial charge in [-0.2, -0.15) is 0 Å². The Kier molecular flexibility index (Phi) is 5.86. The number of rotatable bonds is 6. The predicted molar refractivity (Wildman–Crippen MR) is 105 cm³/mol. The van der Waals surface area contributed by atoms with Crippen LogP contribution in [0, 0.1) is 5.92 Å². The molecule has 1 fully saturated rings. The van der Waals surface area contributed by atoms with Crippen molar-refractivity contribution in [3.8, 4) is 11.5 Å². The van der Waals surface area contributed by atoms with Crippen LogP contribution in [0.3, 0.4) is 0 Å². The standard InChI is InChI=1S/C20H21ClN2O4/c1-3-27-16-7-5-15(6-8-16)22-20(25)13-10-19(24)23(12-13)17-11-14(21)4-9-18(17)26-2/h4-9,11,13H,3,10,12H2,1-2H3,(H,22,25)/t13-/m1/s1. The highest BCUT2D eigenvalue weighted by Gasteiger charge is 2.36. The number of halogens is 1. The summed E-state index contributed by atoms with van der Waals surface area (Å²) >= 11 is 6.06. The van der Waals surface area contributed by atoms with E-state index < -0.39 is 5.92 Å². The van der Waals surface area contributed by atoms with Crippen LogP contribution in [0.4, 0.5) is 11.4 Å². The number of hydrogen-bond acceptors (Lipinski definition) is 4. The van der Waals surface area contributed by atoms with E-state index in [1.807, 2.05) is 6.92 Å². The number of nitrogens with zero attached hydrogens (tertiary/aromatic N) is 1. The Balaban J connectivity index is 1.69. The number of carbonyl (C=O) groups excluding carboxylic acids is 2. The zero-order valence-corrected chi connectivity index (χ0v) is 16.0. The highest BCUT2D eigenvalue weighted by molar-refractivity contribution is 6.31. The second kappa shape index (κ2) is 8.31. The fourth-order valence-corrected chi connectivity index (χ4v) is 3.20. The van der Waals surface area contributed by atoms with Crippen LogP contribution < -0.4 is 19.7 Å². The molecule has 2 aromatic rings. The first kappa shape index (κ1) is 19.0. The summed E-state index contributed by atoms with van der Waals surface area (Å²) in [4.78, 5) is 26.6. The molecule has 2 aromatic carbocycles. The van der Waals surface area contributed by atoms with Crippen molar-refractivity contribution in [3.63, 3.8) is 0 Å². The maximum Gasteiger partial charge on any atom is 0.229 e. The molecule has 0 aliphatic carbocycles. The molecule has 1 aliphatic rings. The van der Waals surface area contributed by atoms with Crippen molar-refractivity contribution in [3.05, 3.63) is 47.5 Å². The van der Waals surface area contributed by atoms with E-state index in [0.717, 1.165) is 5.75 Å². The second-order valence-electron chi connectivity index (χ2n) is 6.17. The van der Waals surface area contributed by atoms with E-state index in [-0.39, 0.29) is 24.8 Å². The number of anilines is 2. The summed E-state index contributed by atoms with van der Waals surface area (Å²) in [6.45, 7) is 2.77. The molecule has 27 heavy (non-hydrogen) atoms. The smallest absolute Gasteiger partial charge is 0.229 e. The zero-order chi connectivity index (χ0) is 19.4. The first-order chi connectivity index (χ1) is 13.0. The maximum absolute atomic E-state index is 12.6. The number of methoxy groups -OCH3 is 1. The fourth-order valence-electron chi connectivity index (χ4n) is 3.04. The fraction of sp³-hybridized carbons (Fsp3) is 0.300. The van der Waals surface area contributed by atoms with Crippen LogP contribution in [0.1, 0.15) is 13.3 Å². The summed E-state index contributed by atoms with van der Waals surface area (Å²) in [5.74, 6) is 0.497. The zero-order valence-electron chi connectivity index (χ0n) is 15.2. The van der Waals surface area contributed by atoms with E-state index in [2.05, 4.69) is 5.32 Å². The van der Waals surface area contributed by atoms with Crippen molar-refractivity contribution >= 4 is 34.8 Å². The first-order valence-corrected chi connectivity index (χ1v) is 9.07. The van der Waals surface area contributed by atoms with E-state index in [9.17, 15) is 9.59 Å². The number of amides is 2. The van der Waals surface area contributed by atoms with Gasteiger partial charge in [-0.3, -0.25) is 9.59 Å². The molecule has 0 aromatic heterocycles. The van der Waals surface area contributed by atoms with Gasteiger partial charge < -0.3 is 19.7 Å². The number of carbonyl (C=O) groups is 2. The van der Waals surface area contributed by atoms with Gasteiger partial charge in [0.1, 0.15) is 11.5 Å². The van der Waals surface area contributed by atoms with Gasteiger partial charge in [0, 0.05) is 23.7 Å². The molecule has 3 rings (SSSR count). The average Bonchev–Trinajstić information content (AvgIpc) is 3.05. The van der Waals surface area contributed by atoms with Crippen molar-refractivity contribution in [2.75, 3.05) is 30.5 Å². The number of benzene rings is 2. The minimum Gasteiger partial charge on any atom is -0.495 e. The van der Waals surface area contributed by atoms with Gasteiger partial charge in [0.2, 0.25) is 11.8 Å². The number of nitrogens with one attached hydrogen (secondary N) is 1. The summed E-state index contributed by atoms with van der Waals surface area (Å²) in [7, 11) is 1.53. The third-order valence-corrected chi connectivity index (χ3v) is 4.60. The average molecular weight is 389 g/mol.